The molecule has 15 heteroatoms. The first kappa shape index (κ1) is 52.4. The zero-order valence-corrected chi connectivity index (χ0v) is 39.6. The Bertz CT molecular complexity index is 1560. The van der Waals surface area contributed by atoms with Crippen LogP contribution in [-0.2, 0) is 38.1 Å². The molecule has 1 amide bonds. The Hall–Kier alpha value is -2.21. The molecule has 14 nitrogen and oxygen atoms in total. The van der Waals surface area contributed by atoms with Crippen LogP contribution in [0.25, 0.3) is 0 Å². The van der Waals surface area contributed by atoms with Crippen LogP contribution in [0.15, 0.2) is 23.3 Å². The summed E-state index contributed by atoms with van der Waals surface area (Å²) in [6.07, 6.45) is 3.02. The Labute approximate surface area is 374 Å². The van der Waals surface area contributed by atoms with Crippen molar-refractivity contribution in [1.82, 2.24) is 9.80 Å². The summed E-state index contributed by atoms with van der Waals surface area (Å²) in [5, 5.41) is 46.0. The van der Waals surface area contributed by atoms with Crippen LogP contribution in [0.5, 0.6) is 0 Å². The van der Waals surface area contributed by atoms with Crippen molar-refractivity contribution >= 4 is 35.2 Å². The second-order valence-electron chi connectivity index (χ2n) is 19.1. The molecular formula is C47H78N2O12S. The number of thioether (sulfide) groups is 1. The lowest BCUT2D eigenvalue weighted by molar-refractivity contribution is -0.301. The van der Waals surface area contributed by atoms with E-state index >= 15 is 0 Å². The molecule has 3 fully saturated rings. The number of nitrogens with zero attached hydrogens (tertiary/aromatic N) is 2. The summed E-state index contributed by atoms with van der Waals surface area (Å²) in [5.74, 6) is -6.14. The van der Waals surface area contributed by atoms with Gasteiger partial charge >= 0.3 is 5.97 Å². The van der Waals surface area contributed by atoms with Crippen LogP contribution in [0, 0.1) is 29.6 Å². The molecule has 1 aliphatic carbocycles. The number of fused-ring (bicyclic) bond motifs is 3. The van der Waals surface area contributed by atoms with Crippen molar-refractivity contribution in [2.45, 2.75) is 166 Å². The minimum atomic E-state index is -2.59. The second kappa shape index (κ2) is 24.4. The second-order valence-corrected chi connectivity index (χ2v) is 20.3. The molecule has 3 heterocycles. The lowest BCUT2D eigenvalue weighted by Gasteiger charge is -2.46. The van der Waals surface area contributed by atoms with Crippen LogP contribution in [0.4, 0.5) is 0 Å². The van der Waals surface area contributed by atoms with Crippen molar-refractivity contribution in [3.63, 3.8) is 0 Å². The molecule has 1 saturated carbocycles. The van der Waals surface area contributed by atoms with Gasteiger partial charge in [-0.05, 0) is 122 Å². The van der Waals surface area contributed by atoms with E-state index in [9.17, 15) is 39.6 Å². The summed E-state index contributed by atoms with van der Waals surface area (Å²) in [6, 6.07) is -1.16. The SMILES string of the molecule is CO[C@H]1C[C@@H](C)[C@@]2(O)O[C@@H]1[C@@H](O)C[C@@H](C)C/C(C)=C/[C@@H](CCCSCCN(C)C)C(=O)C[C@H](O)[C@@H](C)[C@@H](/C(C)=C/[C@@H]1CC[C@@H](O)[C@H](OC)C1)OC(=O)[C@@H]1CCCCN1C(=O)C2=O. The Kier molecular flexibility index (Phi) is 20.6. The Balaban J connectivity index is 1.74. The van der Waals surface area contributed by atoms with Gasteiger partial charge in [-0.3, -0.25) is 14.4 Å². The third kappa shape index (κ3) is 13.9. The highest BCUT2D eigenvalue weighted by molar-refractivity contribution is 7.99. The van der Waals surface area contributed by atoms with Crippen molar-refractivity contribution in [1.29, 1.82) is 0 Å². The molecule has 4 rings (SSSR count). The number of aliphatic hydroxyl groups excluding tert-OH is 3. The minimum Gasteiger partial charge on any atom is -0.456 e. The van der Waals surface area contributed by atoms with Crippen LogP contribution >= 0.6 is 11.8 Å². The fraction of sp³-hybridized carbons (Fsp3) is 0.830. The molecule has 2 saturated heterocycles. The molecule has 14 atom stereocenters. The molecule has 4 N–H and O–H groups in total. The Morgan fingerprint density at radius 3 is 2.32 bits per heavy atom. The van der Waals surface area contributed by atoms with Gasteiger partial charge in [-0.25, -0.2) is 4.79 Å². The van der Waals surface area contributed by atoms with Crippen LogP contribution in [0.3, 0.4) is 0 Å². The number of cyclic esters (lactones) is 1. The number of aliphatic hydroxyl groups is 4. The molecule has 2 bridgehead atoms. The fourth-order valence-electron chi connectivity index (χ4n) is 9.84. The minimum absolute atomic E-state index is 0.0164. The number of piperidine rings is 1. The van der Waals surface area contributed by atoms with Gasteiger partial charge in [0.1, 0.15) is 24.0 Å². The first-order valence-corrected chi connectivity index (χ1v) is 24.1. The average Bonchev–Trinajstić information content (AvgIpc) is 3.23. The van der Waals surface area contributed by atoms with Crippen molar-refractivity contribution in [2.75, 3.05) is 52.9 Å². The number of hydrogen-bond acceptors (Lipinski definition) is 14. The first-order chi connectivity index (χ1) is 29.3. The lowest BCUT2D eigenvalue weighted by Crippen LogP contribution is -2.64. The number of carbonyl (C=O) groups is 4. The summed E-state index contributed by atoms with van der Waals surface area (Å²) in [6.45, 7) is 10.1. The summed E-state index contributed by atoms with van der Waals surface area (Å²) in [4.78, 5) is 60.4. The highest BCUT2D eigenvalue weighted by Crippen LogP contribution is 2.39. The molecule has 0 aromatic heterocycles. The number of rotatable bonds is 11. The van der Waals surface area contributed by atoms with E-state index in [1.54, 1.807) is 21.0 Å². The number of Topliss-reactive ketones (excluding diaryl/α,β-unsaturated/α-hetero) is 2. The Morgan fingerprint density at radius 1 is 0.935 bits per heavy atom. The average molecular weight is 895 g/mol. The number of amides is 1. The molecule has 0 radical (unpaired) electrons. The summed E-state index contributed by atoms with van der Waals surface area (Å²) in [7, 11) is 7.11. The van der Waals surface area contributed by atoms with Gasteiger partial charge in [-0.15, -0.1) is 0 Å². The van der Waals surface area contributed by atoms with E-state index in [2.05, 4.69) is 4.90 Å². The zero-order valence-electron chi connectivity index (χ0n) is 38.8. The number of carbonyl (C=O) groups excluding carboxylic acids is 4. The van der Waals surface area contributed by atoms with E-state index in [4.69, 9.17) is 18.9 Å². The number of allylic oxidation sites excluding steroid dienone is 3. The van der Waals surface area contributed by atoms with E-state index in [0.29, 0.717) is 50.5 Å². The normalized spacial score (nSPS) is 38.8. The van der Waals surface area contributed by atoms with E-state index in [0.717, 1.165) is 34.9 Å². The largest absolute Gasteiger partial charge is 0.456 e. The molecule has 4 aliphatic rings. The predicted octanol–water partition coefficient (Wildman–Crippen LogP) is 4.48. The maximum absolute atomic E-state index is 14.4. The van der Waals surface area contributed by atoms with Crippen LogP contribution < -0.4 is 0 Å². The third-order valence-corrected chi connectivity index (χ3v) is 14.7. The van der Waals surface area contributed by atoms with E-state index in [1.807, 2.05) is 58.8 Å². The summed E-state index contributed by atoms with van der Waals surface area (Å²) >= 11 is 1.84. The third-order valence-electron chi connectivity index (χ3n) is 13.7. The quantitative estimate of drug-likeness (QED) is 0.0982. The van der Waals surface area contributed by atoms with Crippen molar-refractivity contribution in [3.05, 3.63) is 23.3 Å². The number of esters is 1. The number of hydrogen-bond donors (Lipinski definition) is 4. The Morgan fingerprint density at radius 2 is 1.65 bits per heavy atom. The zero-order chi connectivity index (χ0) is 45.9. The van der Waals surface area contributed by atoms with Gasteiger partial charge in [0.15, 0.2) is 0 Å². The molecule has 0 unspecified atom stereocenters. The van der Waals surface area contributed by atoms with Gasteiger partial charge < -0.3 is 49.2 Å². The topological polar surface area (TPSA) is 193 Å². The van der Waals surface area contributed by atoms with Crippen LogP contribution in [0.2, 0.25) is 0 Å². The molecule has 62 heavy (non-hydrogen) atoms. The maximum atomic E-state index is 14.4. The first-order valence-electron chi connectivity index (χ1n) is 23.0. The smallest absolute Gasteiger partial charge is 0.329 e. The standard InChI is InChI=1S/C47H78N2O12S/c1-28-21-29(2)23-39(53)43-41(59-9)25-31(4)47(57,61-43)44(54)45(55)49-17-11-10-14-35(49)46(56)60-42(30(3)24-33-15-16-36(50)40(26-33)58-8)32(5)37(51)27-38(52)34(22-28)13-12-19-62-20-18-48(6)7/h22,24,29,31-37,39-43,50-51,53,57H,10-21,23,25-27H2,1-9H3/b28-22+,30-24+/t29-,31+,32+,33-,34+,35-,36+,37-,39-,40+,41-,42+,43+,47+/m0/s1. The van der Waals surface area contributed by atoms with E-state index in [1.165, 1.54) is 7.11 Å². The van der Waals surface area contributed by atoms with Gasteiger partial charge in [0.25, 0.3) is 11.7 Å². The van der Waals surface area contributed by atoms with Gasteiger partial charge in [0.05, 0.1) is 30.5 Å². The van der Waals surface area contributed by atoms with Crippen LogP contribution in [-0.4, -0.2) is 161 Å². The molecule has 0 aromatic rings. The van der Waals surface area contributed by atoms with Gasteiger partial charge in [-0.2, -0.15) is 11.8 Å². The van der Waals surface area contributed by atoms with Crippen molar-refractivity contribution < 1.29 is 58.6 Å². The van der Waals surface area contributed by atoms with Gasteiger partial charge in [-0.1, -0.05) is 38.5 Å². The number of methoxy groups -OCH3 is 2. The predicted molar refractivity (Wildman–Crippen MR) is 238 cm³/mol. The lowest BCUT2D eigenvalue weighted by atomic mass is 9.81. The molecule has 3 aliphatic heterocycles. The molecule has 0 spiro atoms. The highest BCUT2D eigenvalue weighted by atomic mass is 32.2. The van der Waals surface area contributed by atoms with E-state index < -0.39 is 83.9 Å². The molecule has 354 valence electrons. The molecular weight excluding hydrogens is 817 g/mol. The summed E-state index contributed by atoms with van der Waals surface area (Å²) < 4.78 is 23.7. The van der Waals surface area contributed by atoms with Crippen LogP contribution in [0.1, 0.15) is 112 Å². The highest BCUT2D eigenvalue weighted by Gasteiger charge is 2.56. The molecule has 0 aromatic carbocycles. The van der Waals surface area contributed by atoms with Crippen molar-refractivity contribution in [3.8, 4) is 0 Å². The fourth-order valence-corrected chi connectivity index (χ4v) is 10.9. The summed E-state index contributed by atoms with van der Waals surface area (Å²) in [5.41, 5.74) is 1.61. The van der Waals surface area contributed by atoms with Gasteiger partial charge in [0, 0.05) is 57.2 Å². The maximum Gasteiger partial charge on any atom is 0.329 e. The number of ether oxygens (including phenoxy) is 4. The van der Waals surface area contributed by atoms with Gasteiger partial charge in [0.2, 0.25) is 5.79 Å². The number of ketones is 2. The van der Waals surface area contributed by atoms with Crippen molar-refractivity contribution in [2.24, 2.45) is 29.6 Å². The van der Waals surface area contributed by atoms with E-state index in [-0.39, 0.29) is 56.0 Å². The monoisotopic (exact) mass is 895 g/mol.